The third-order valence-electron chi connectivity index (χ3n) is 4.52. The van der Waals surface area contributed by atoms with Crippen molar-refractivity contribution in [1.29, 1.82) is 0 Å². The van der Waals surface area contributed by atoms with Crippen LogP contribution in [0, 0.1) is 11.8 Å². The first-order valence-corrected chi connectivity index (χ1v) is 11.7. The normalized spacial score (nSPS) is 11.0. The molecule has 0 radical (unpaired) electrons. The average Bonchev–Trinajstić information content (AvgIpc) is 2.84. The van der Waals surface area contributed by atoms with Gasteiger partial charge in [0.1, 0.15) is 0 Å². The van der Waals surface area contributed by atoms with Crippen LogP contribution in [0.3, 0.4) is 0 Å². The SMILES string of the molecule is COC(=O)C#CCO[Si](OC/C=C/c1ccccc1)(c1ccccc1)c1ccccc1. The first-order chi connectivity index (χ1) is 15.2. The molecule has 3 aromatic rings. The van der Waals surface area contributed by atoms with E-state index in [2.05, 4.69) is 16.6 Å². The number of rotatable bonds is 8. The molecule has 0 amide bonds. The fourth-order valence-corrected chi connectivity index (χ4v) is 6.02. The molecule has 0 fully saturated rings. The molecule has 0 bridgehead atoms. The highest BCUT2D eigenvalue weighted by Crippen LogP contribution is 2.11. The molecule has 3 aromatic carbocycles. The van der Waals surface area contributed by atoms with Gasteiger partial charge < -0.3 is 13.6 Å². The lowest BCUT2D eigenvalue weighted by molar-refractivity contribution is -0.133. The van der Waals surface area contributed by atoms with Gasteiger partial charge in [-0.2, -0.15) is 0 Å². The van der Waals surface area contributed by atoms with Gasteiger partial charge >= 0.3 is 14.5 Å². The highest BCUT2D eigenvalue weighted by atomic mass is 28.4. The van der Waals surface area contributed by atoms with Crippen molar-refractivity contribution in [2.75, 3.05) is 20.3 Å². The number of carbonyl (C=O) groups is 1. The van der Waals surface area contributed by atoms with E-state index in [-0.39, 0.29) is 6.61 Å². The van der Waals surface area contributed by atoms with Crippen LogP contribution in [0.15, 0.2) is 97.1 Å². The lowest BCUT2D eigenvalue weighted by atomic mass is 10.2. The second-order valence-corrected chi connectivity index (χ2v) is 9.52. The second kappa shape index (κ2) is 11.7. The summed E-state index contributed by atoms with van der Waals surface area (Å²) < 4.78 is 17.4. The van der Waals surface area contributed by atoms with E-state index < -0.39 is 14.5 Å². The molecule has 3 rings (SSSR count). The van der Waals surface area contributed by atoms with Crippen LogP contribution in [-0.2, 0) is 18.4 Å². The van der Waals surface area contributed by atoms with Crippen molar-refractivity contribution in [3.8, 4) is 11.8 Å². The molecule has 0 heterocycles. The van der Waals surface area contributed by atoms with Crippen LogP contribution >= 0.6 is 0 Å². The maximum atomic E-state index is 11.3. The first kappa shape index (κ1) is 22.3. The van der Waals surface area contributed by atoms with Crippen molar-refractivity contribution in [1.82, 2.24) is 0 Å². The van der Waals surface area contributed by atoms with Crippen molar-refractivity contribution in [2.24, 2.45) is 0 Å². The van der Waals surface area contributed by atoms with Crippen molar-refractivity contribution in [2.45, 2.75) is 0 Å². The van der Waals surface area contributed by atoms with Crippen LogP contribution < -0.4 is 10.4 Å². The van der Waals surface area contributed by atoms with E-state index in [0.29, 0.717) is 6.61 Å². The van der Waals surface area contributed by atoms with Crippen LogP contribution in [0.4, 0.5) is 0 Å². The van der Waals surface area contributed by atoms with Gasteiger partial charge in [-0.25, -0.2) is 4.79 Å². The molecule has 0 aromatic heterocycles. The summed E-state index contributed by atoms with van der Waals surface area (Å²) in [4.78, 5) is 11.3. The van der Waals surface area contributed by atoms with Crippen molar-refractivity contribution < 1.29 is 18.4 Å². The van der Waals surface area contributed by atoms with Crippen LogP contribution in [0.25, 0.3) is 6.08 Å². The minimum atomic E-state index is -3.07. The Morgan fingerprint density at radius 3 is 1.94 bits per heavy atom. The van der Waals surface area contributed by atoms with Crippen molar-refractivity contribution in [3.63, 3.8) is 0 Å². The molecule has 0 N–H and O–H groups in total. The van der Waals surface area contributed by atoms with Gasteiger partial charge in [-0.1, -0.05) is 109 Å². The summed E-state index contributed by atoms with van der Waals surface area (Å²) in [6.07, 6.45) is 4.00. The summed E-state index contributed by atoms with van der Waals surface area (Å²) in [7, 11) is -1.78. The Bertz CT molecular complexity index is 999. The molecule has 31 heavy (non-hydrogen) atoms. The zero-order valence-electron chi connectivity index (χ0n) is 17.4. The molecule has 5 heteroatoms. The summed E-state index contributed by atoms with van der Waals surface area (Å²) in [5.74, 6) is 4.55. The Morgan fingerprint density at radius 1 is 0.839 bits per heavy atom. The molecule has 0 unspecified atom stereocenters. The van der Waals surface area contributed by atoms with Crippen molar-refractivity contribution >= 4 is 31.0 Å². The number of hydrogen-bond acceptors (Lipinski definition) is 4. The zero-order chi connectivity index (χ0) is 21.8. The molecule has 0 saturated heterocycles. The van der Waals surface area contributed by atoms with Crippen molar-refractivity contribution in [3.05, 3.63) is 103 Å². The average molecular weight is 429 g/mol. The van der Waals surface area contributed by atoms with Crippen LogP contribution in [-0.4, -0.2) is 34.9 Å². The Hall–Kier alpha value is -3.43. The predicted octanol–water partition coefficient (Wildman–Crippen LogP) is 3.17. The predicted molar refractivity (Wildman–Crippen MR) is 125 cm³/mol. The van der Waals surface area contributed by atoms with Crippen LogP contribution in [0.2, 0.25) is 0 Å². The minimum absolute atomic E-state index is 0.0491. The smallest absolute Gasteiger partial charge is 0.408 e. The standard InChI is InChI=1S/C26H24O4Si/c1-28-26(27)20-12-22-30-31(24-16-7-3-8-17-24,25-18-9-4-10-19-25)29-21-11-15-23-13-5-2-6-14-23/h2-11,13-19H,21-22H2,1H3/b15-11+. The van der Waals surface area contributed by atoms with E-state index in [0.717, 1.165) is 15.9 Å². The quantitative estimate of drug-likeness (QED) is 0.239. The highest BCUT2D eigenvalue weighted by Gasteiger charge is 2.42. The molecule has 4 nitrogen and oxygen atoms in total. The van der Waals surface area contributed by atoms with E-state index in [1.54, 1.807) is 0 Å². The lowest BCUT2D eigenvalue weighted by Gasteiger charge is -2.30. The van der Waals surface area contributed by atoms with Gasteiger partial charge in [-0.15, -0.1) is 0 Å². The van der Waals surface area contributed by atoms with Gasteiger partial charge in [0, 0.05) is 5.92 Å². The molecule has 0 saturated carbocycles. The molecule has 0 aliphatic heterocycles. The summed E-state index contributed by atoms with van der Waals surface area (Å²) >= 11 is 0. The third kappa shape index (κ3) is 6.27. The van der Waals surface area contributed by atoms with Crippen LogP contribution in [0.5, 0.6) is 0 Å². The van der Waals surface area contributed by atoms with Gasteiger partial charge in [0.2, 0.25) is 0 Å². The Labute approximate surface area is 184 Å². The summed E-state index contributed by atoms with van der Waals surface area (Å²) in [5.41, 5.74) is 1.10. The molecule has 0 aliphatic carbocycles. The number of hydrogen-bond donors (Lipinski definition) is 0. The number of esters is 1. The van der Waals surface area contributed by atoms with Crippen LogP contribution in [0.1, 0.15) is 5.56 Å². The van der Waals surface area contributed by atoms with E-state index >= 15 is 0 Å². The van der Waals surface area contributed by atoms with E-state index in [1.165, 1.54) is 7.11 Å². The van der Waals surface area contributed by atoms with Gasteiger partial charge in [-0.3, -0.25) is 0 Å². The number of carbonyl (C=O) groups excluding carboxylic acids is 1. The monoisotopic (exact) mass is 428 g/mol. The lowest BCUT2D eigenvalue weighted by Crippen LogP contribution is -2.63. The van der Waals surface area contributed by atoms with Gasteiger partial charge in [-0.05, 0) is 15.9 Å². The summed E-state index contributed by atoms with van der Waals surface area (Å²) in [6.45, 7) is 0.419. The fourth-order valence-electron chi connectivity index (χ4n) is 3.07. The number of benzene rings is 3. The topological polar surface area (TPSA) is 44.8 Å². The first-order valence-electron chi connectivity index (χ1n) is 9.92. The maximum absolute atomic E-state index is 11.3. The Kier molecular flexibility index (Phi) is 8.38. The largest absolute Gasteiger partial charge is 0.459 e. The molecule has 156 valence electrons. The molecular weight excluding hydrogens is 404 g/mol. The van der Waals surface area contributed by atoms with Gasteiger partial charge in [0.15, 0.2) is 0 Å². The molecular formula is C26H24O4Si. The van der Waals surface area contributed by atoms with E-state index in [1.807, 2.05) is 103 Å². The number of ether oxygens (including phenoxy) is 1. The third-order valence-corrected chi connectivity index (χ3v) is 7.83. The number of methoxy groups -OCH3 is 1. The minimum Gasteiger partial charge on any atom is -0.459 e. The zero-order valence-corrected chi connectivity index (χ0v) is 18.4. The summed E-state index contributed by atoms with van der Waals surface area (Å²) in [5, 5.41) is 1.93. The second-order valence-electron chi connectivity index (χ2n) is 6.55. The fraction of sp³-hybridized carbons (Fsp3) is 0.115. The molecule has 0 aliphatic rings. The van der Waals surface area contributed by atoms with E-state index in [9.17, 15) is 4.79 Å². The maximum Gasteiger partial charge on any atom is 0.408 e. The van der Waals surface area contributed by atoms with Gasteiger partial charge in [0.25, 0.3) is 0 Å². The Balaban J connectivity index is 1.90. The Morgan fingerprint density at radius 2 is 1.39 bits per heavy atom. The molecule has 0 spiro atoms. The van der Waals surface area contributed by atoms with Gasteiger partial charge in [0.05, 0.1) is 20.3 Å². The van der Waals surface area contributed by atoms with E-state index in [4.69, 9.17) is 8.85 Å². The highest BCUT2D eigenvalue weighted by molar-refractivity contribution is 6.92. The summed E-state index contributed by atoms with van der Waals surface area (Å²) in [6, 6.07) is 29.9. The molecule has 0 atom stereocenters.